The van der Waals surface area contributed by atoms with Gasteiger partial charge in [0, 0.05) is 12.1 Å². The summed E-state index contributed by atoms with van der Waals surface area (Å²) in [5.74, 6) is -1.45. The van der Waals surface area contributed by atoms with Crippen molar-refractivity contribution in [2.24, 2.45) is 0 Å². The van der Waals surface area contributed by atoms with E-state index in [1.54, 1.807) is 32.0 Å². The lowest BCUT2D eigenvalue weighted by atomic mass is 10.1. The summed E-state index contributed by atoms with van der Waals surface area (Å²) >= 11 is 0. The number of esters is 2. The molecule has 7 heteroatoms. The summed E-state index contributed by atoms with van der Waals surface area (Å²) in [6, 6.07) is 7.91. The van der Waals surface area contributed by atoms with Gasteiger partial charge in [-0.3, -0.25) is 4.79 Å². The van der Waals surface area contributed by atoms with Crippen LogP contribution in [0.25, 0.3) is 0 Å². The number of hydrogen-bond donors (Lipinski definition) is 1. The number of carbonyl (C=O) groups excluding carboxylic acids is 3. The second kappa shape index (κ2) is 6.80. The number of ether oxygens (including phenoxy) is 2. The summed E-state index contributed by atoms with van der Waals surface area (Å²) in [7, 11) is 0. The third-order valence-corrected chi connectivity index (χ3v) is 3.84. The predicted octanol–water partition coefficient (Wildman–Crippen LogP) is 2.70. The number of furan rings is 1. The first-order chi connectivity index (χ1) is 11.9. The molecule has 0 saturated carbocycles. The highest BCUT2D eigenvalue weighted by molar-refractivity contribution is 6.03. The van der Waals surface area contributed by atoms with E-state index in [4.69, 9.17) is 13.9 Å². The van der Waals surface area contributed by atoms with Gasteiger partial charge in [0.1, 0.15) is 6.10 Å². The summed E-state index contributed by atoms with van der Waals surface area (Å²) in [6.45, 7) is 3.53. The molecule has 2 heterocycles. The molecule has 25 heavy (non-hydrogen) atoms. The van der Waals surface area contributed by atoms with Gasteiger partial charge in [-0.2, -0.15) is 0 Å². The Morgan fingerprint density at radius 3 is 2.72 bits per heavy atom. The van der Waals surface area contributed by atoms with Crippen molar-refractivity contribution in [1.29, 1.82) is 0 Å². The van der Waals surface area contributed by atoms with Crippen molar-refractivity contribution < 1.29 is 28.3 Å². The van der Waals surface area contributed by atoms with Crippen LogP contribution < -0.4 is 5.32 Å². The van der Waals surface area contributed by atoms with Crippen molar-refractivity contribution in [3.8, 4) is 0 Å². The van der Waals surface area contributed by atoms with Gasteiger partial charge in [0.15, 0.2) is 5.76 Å². The average molecular weight is 343 g/mol. The monoisotopic (exact) mass is 343 g/mol. The Balaban J connectivity index is 1.73. The van der Waals surface area contributed by atoms with E-state index in [0.717, 1.165) is 5.56 Å². The Morgan fingerprint density at radius 1 is 1.28 bits per heavy atom. The van der Waals surface area contributed by atoms with Crippen molar-refractivity contribution in [1.82, 2.24) is 0 Å². The van der Waals surface area contributed by atoms with E-state index in [1.807, 2.05) is 0 Å². The number of aryl methyl sites for hydroxylation is 1. The van der Waals surface area contributed by atoms with Gasteiger partial charge < -0.3 is 19.2 Å². The molecule has 2 aromatic rings. The minimum atomic E-state index is -0.898. The fraction of sp³-hybridized carbons (Fsp3) is 0.278. The predicted molar refractivity (Wildman–Crippen MR) is 87.2 cm³/mol. The first kappa shape index (κ1) is 16.8. The Labute approximate surface area is 143 Å². The van der Waals surface area contributed by atoms with Crippen LogP contribution in [0.3, 0.4) is 0 Å². The molecular formula is C18H17NO6. The molecule has 1 saturated heterocycles. The van der Waals surface area contributed by atoms with E-state index in [0.29, 0.717) is 12.1 Å². The second-order valence-corrected chi connectivity index (χ2v) is 5.84. The lowest BCUT2D eigenvalue weighted by Gasteiger charge is -2.11. The number of hydrogen-bond acceptors (Lipinski definition) is 6. The van der Waals surface area contributed by atoms with Crippen molar-refractivity contribution in [3.05, 3.63) is 53.5 Å². The fourth-order valence-corrected chi connectivity index (χ4v) is 2.49. The molecule has 2 unspecified atom stereocenters. The van der Waals surface area contributed by atoms with E-state index >= 15 is 0 Å². The summed E-state index contributed by atoms with van der Waals surface area (Å²) in [4.78, 5) is 35.9. The van der Waals surface area contributed by atoms with Crippen LogP contribution in [0.1, 0.15) is 39.8 Å². The van der Waals surface area contributed by atoms with Gasteiger partial charge in [-0.1, -0.05) is 6.07 Å². The summed E-state index contributed by atoms with van der Waals surface area (Å²) < 4.78 is 15.2. The zero-order chi connectivity index (χ0) is 18.0. The van der Waals surface area contributed by atoms with Crippen LogP contribution in [0.5, 0.6) is 0 Å². The number of anilines is 1. The Morgan fingerprint density at radius 2 is 2.08 bits per heavy atom. The first-order valence-corrected chi connectivity index (χ1v) is 7.81. The molecule has 2 atom stereocenters. The molecule has 0 radical (unpaired) electrons. The van der Waals surface area contributed by atoms with Gasteiger partial charge in [0.05, 0.1) is 11.8 Å². The number of rotatable bonds is 4. The number of cyclic esters (lactones) is 1. The van der Waals surface area contributed by atoms with Crippen LogP contribution in [0, 0.1) is 6.92 Å². The molecule has 1 aliphatic rings. The first-order valence-electron chi connectivity index (χ1n) is 7.81. The molecule has 1 aromatic heterocycles. The van der Waals surface area contributed by atoms with E-state index in [9.17, 15) is 14.4 Å². The zero-order valence-electron chi connectivity index (χ0n) is 13.8. The maximum absolute atomic E-state index is 12.3. The minimum absolute atomic E-state index is 0.162. The molecule has 7 nitrogen and oxygen atoms in total. The minimum Gasteiger partial charge on any atom is -0.460 e. The molecule has 0 spiro atoms. The normalized spacial score (nSPS) is 19.4. The quantitative estimate of drug-likeness (QED) is 0.858. The van der Waals surface area contributed by atoms with E-state index in [-0.39, 0.29) is 17.4 Å². The summed E-state index contributed by atoms with van der Waals surface area (Å²) in [5.41, 5.74) is 1.45. The lowest BCUT2D eigenvalue weighted by molar-refractivity contribution is -0.147. The van der Waals surface area contributed by atoms with Gasteiger partial charge in [-0.25, -0.2) is 9.59 Å². The van der Waals surface area contributed by atoms with E-state index < -0.39 is 23.9 Å². The molecule has 1 aliphatic heterocycles. The van der Waals surface area contributed by atoms with Crippen LogP contribution in [-0.2, 0) is 14.3 Å². The molecule has 1 amide bonds. The Kier molecular flexibility index (Phi) is 4.56. The Hall–Kier alpha value is -3.09. The van der Waals surface area contributed by atoms with Gasteiger partial charge in [-0.05, 0) is 43.7 Å². The average Bonchev–Trinajstić information content (AvgIpc) is 3.20. The van der Waals surface area contributed by atoms with Crippen molar-refractivity contribution in [2.45, 2.75) is 32.5 Å². The number of benzene rings is 1. The highest BCUT2D eigenvalue weighted by Gasteiger charge is 2.35. The van der Waals surface area contributed by atoms with Crippen LogP contribution in [0.2, 0.25) is 0 Å². The summed E-state index contributed by atoms with van der Waals surface area (Å²) in [5, 5.41) is 2.69. The molecule has 0 aliphatic carbocycles. The molecule has 1 N–H and O–H groups in total. The van der Waals surface area contributed by atoms with Crippen LogP contribution in [0.15, 0.2) is 41.0 Å². The zero-order valence-corrected chi connectivity index (χ0v) is 13.8. The van der Waals surface area contributed by atoms with E-state index in [2.05, 4.69) is 5.32 Å². The van der Waals surface area contributed by atoms with Gasteiger partial charge in [0.25, 0.3) is 5.91 Å². The molecule has 1 aromatic carbocycles. The van der Waals surface area contributed by atoms with Crippen molar-refractivity contribution in [3.63, 3.8) is 0 Å². The number of carbonyl (C=O) groups is 3. The smallest absolute Gasteiger partial charge is 0.347 e. The van der Waals surface area contributed by atoms with Crippen molar-refractivity contribution >= 4 is 23.5 Å². The summed E-state index contributed by atoms with van der Waals surface area (Å²) in [6.07, 6.45) is 0.562. The molecule has 130 valence electrons. The maximum Gasteiger partial charge on any atom is 0.347 e. The van der Waals surface area contributed by atoms with Crippen LogP contribution >= 0.6 is 0 Å². The number of amides is 1. The molecule has 0 bridgehead atoms. The number of nitrogens with one attached hydrogen (secondary N) is 1. The second-order valence-electron chi connectivity index (χ2n) is 5.84. The van der Waals surface area contributed by atoms with Crippen LogP contribution in [0.4, 0.5) is 5.69 Å². The largest absolute Gasteiger partial charge is 0.460 e. The fourth-order valence-electron chi connectivity index (χ4n) is 2.49. The van der Waals surface area contributed by atoms with Gasteiger partial charge >= 0.3 is 11.9 Å². The third-order valence-electron chi connectivity index (χ3n) is 3.84. The molecule has 3 rings (SSSR count). The lowest BCUT2D eigenvalue weighted by Crippen LogP contribution is -2.23. The van der Waals surface area contributed by atoms with Crippen molar-refractivity contribution in [2.75, 3.05) is 5.32 Å². The van der Waals surface area contributed by atoms with Gasteiger partial charge in [0.2, 0.25) is 6.10 Å². The Bertz CT molecular complexity index is 811. The standard InChI is InChI=1S/C18H17NO6/c1-10-5-6-12(17(21)25-15-8-11(2)24-18(15)22)9-13(10)19-16(20)14-4-3-7-23-14/h3-7,9,11,15H,8H2,1-2H3,(H,19,20). The highest BCUT2D eigenvalue weighted by Crippen LogP contribution is 2.22. The van der Waals surface area contributed by atoms with Gasteiger partial charge in [-0.15, -0.1) is 0 Å². The van der Waals surface area contributed by atoms with E-state index in [1.165, 1.54) is 18.4 Å². The molecule has 1 fully saturated rings. The molecular weight excluding hydrogens is 326 g/mol. The SMILES string of the molecule is Cc1ccc(C(=O)OC2CC(C)OC2=O)cc1NC(=O)c1ccco1. The van der Waals surface area contributed by atoms with Crippen LogP contribution in [-0.4, -0.2) is 30.1 Å². The highest BCUT2D eigenvalue weighted by atomic mass is 16.6. The third kappa shape index (κ3) is 3.71. The topological polar surface area (TPSA) is 94.8 Å². The maximum atomic E-state index is 12.3.